The minimum absolute atomic E-state index is 0.187. The third kappa shape index (κ3) is 9.70. The van der Waals surface area contributed by atoms with Gasteiger partial charge in [0.1, 0.15) is 28.7 Å². The molecule has 1 aromatic carbocycles. The Morgan fingerprint density at radius 1 is 1.07 bits per heavy atom. The lowest BCUT2D eigenvalue weighted by atomic mass is 10.1. The van der Waals surface area contributed by atoms with Gasteiger partial charge in [0.05, 0.1) is 17.9 Å². The molecule has 0 saturated heterocycles. The first-order chi connectivity index (χ1) is 21.7. The molecule has 0 aliphatic carbocycles. The minimum atomic E-state index is -0.760. The predicted octanol–water partition coefficient (Wildman–Crippen LogP) is 4.80. The van der Waals surface area contributed by atoms with Crippen LogP contribution < -0.4 is 4.74 Å². The normalized spacial score (nSPS) is 17.4. The first-order valence-electron chi connectivity index (χ1n) is 16.2. The number of carbonyl (C=O) groups is 4. The number of ether oxygens (including phenoxy) is 2. The van der Waals surface area contributed by atoms with Gasteiger partial charge in [-0.3, -0.25) is 14.4 Å². The molecule has 0 saturated carbocycles. The van der Waals surface area contributed by atoms with Gasteiger partial charge >= 0.3 is 6.09 Å². The molecule has 12 heteroatoms. The molecule has 254 valence electrons. The van der Waals surface area contributed by atoms with Crippen LogP contribution in [0.1, 0.15) is 92.0 Å². The Labute approximate surface area is 272 Å². The Balaban J connectivity index is 1.80. The van der Waals surface area contributed by atoms with Crippen molar-refractivity contribution < 1.29 is 33.2 Å². The molecule has 3 rings (SSSR count). The SMILES string of the molecule is CCc1noc(C)c1C(=O)N(C)CCC[C@H]1C(=O)N(C)CCCCN(C(=O)OC(C)(C)C)CCCOc2ccccc2C(=O)N1C. The smallest absolute Gasteiger partial charge is 0.410 e. The molecule has 0 N–H and O–H groups in total. The van der Waals surface area contributed by atoms with Gasteiger partial charge in [0.25, 0.3) is 11.8 Å². The van der Waals surface area contributed by atoms with Gasteiger partial charge in [0.15, 0.2) is 0 Å². The summed E-state index contributed by atoms with van der Waals surface area (Å²) in [6.07, 6.45) is 2.92. The highest BCUT2D eigenvalue weighted by Crippen LogP contribution is 2.23. The van der Waals surface area contributed by atoms with E-state index in [0.717, 1.165) is 0 Å². The third-order valence-corrected chi connectivity index (χ3v) is 8.02. The van der Waals surface area contributed by atoms with Gasteiger partial charge in [-0.1, -0.05) is 24.2 Å². The maximum Gasteiger partial charge on any atom is 0.410 e. The summed E-state index contributed by atoms with van der Waals surface area (Å²) in [4.78, 5) is 60.3. The average Bonchev–Trinajstić information content (AvgIpc) is 3.39. The molecular formula is C34H51N5O7. The van der Waals surface area contributed by atoms with Crippen LogP contribution in [0.25, 0.3) is 0 Å². The topological polar surface area (TPSA) is 126 Å². The first kappa shape index (κ1) is 36.4. The number of aryl methyl sites for hydroxylation is 2. The Kier molecular flexibility index (Phi) is 13.0. The summed E-state index contributed by atoms with van der Waals surface area (Å²) in [6, 6.07) is 6.22. The zero-order valence-corrected chi connectivity index (χ0v) is 28.8. The van der Waals surface area contributed by atoms with Crippen molar-refractivity contribution in [3.63, 3.8) is 0 Å². The number of rotatable bonds is 6. The van der Waals surface area contributed by atoms with E-state index in [1.54, 1.807) is 67.0 Å². The van der Waals surface area contributed by atoms with Gasteiger partial charge in [0.2, 0.25) is 5.91 Å². The number of amides is 4. The molecule has 0 spiro atoms. The number of para-hydroxylation sites is 1. The fraction of sp³-hybridized carbons (Fsp3) is 0.618. The highest BCUT2D eigenvalue weighted by atomic mass is 16.6. The van der Waals surface area contributed by atoms with E-state index in [0.29, 0.717) is 99.6 Å². The molecule has 0 fully saturated rings. The quantitative estimate of drug-likeness (QED) is 0.441. The van der Waals surface area contributed by atoms with Crippen molar-refractivity contribution >= 4 is 23.8 Å². The summed E-state index contributed by atoms with van der Waals surface area (Å²) >= 11 is 0. The number of aromatic nitrogens is 1. The summed E-state index contributed by atoms with van der Waals surface area (Å²) in [7, 11) is 5.08. The molecule has 0 radical (unpaired) electrons. The van der Waals surface area contributed by atoms with E-state index in [1.165, 1.54) is 4.90 Å². The fourth-order valence-corrected chi connectivity index (χ4v) is 5.41. The molecule has 46 heavy (non-hydrogen) atoms. The van der Waals surface area contributed by atoms with E-state index < -0.39 is 11.6 Å². The summed E-state index contributed by atoms with van der Waals surface area (Å²) in [5.41, 5.74) is 0.818. The number of carbonyl (C=O) groups excluding carboxylic acids is 4. The summed E-state index contributed by atoms with van der Waals surface area (Å²) in [5.74, 6) is 0.178. The second-order valence-corrected chi connectivity index (χ2v) is 12.8. The summed E-state index contributed by atoms with van der Waals surface area (Å²) < 4.78 is 16.9. The van der Waals surface area contributed by atoms with Crippen molar-refractivity contribution in [3.8, 4) is 5.75 Å². The molecule has 1 aliphatic rings. The van der Waals surface area contributed by atoms with Crippen molar-refractivity contribution in [2.45, 2.75) is 84.8 Å². The zero-order valence-electron chi connectivity index (χ0n) is 28.8. The highest BCUT2D eigenvalue weighted by molar-refractivity contribution is 5.99. The second kappa shape index (κ2) is 16.5. The van der Waals surface area contributed by atoms with Crippen molar-refractivity contribution in [1.82, 2.24) is 24.8 Å². The van der Waals surface area contributed by atoms with Gasteiger partial charge in [-0.2, -0.15) is 0 Å². The molecule has 1 aromatic heterocycles. The zero-order chi connectivity index (χ0) is 34.0. The molecule has 4 amide bonds. The van der Waals surface area contributed by atoms with Crippen LogP contribution in [0, 0.1) is 6.92 Å². The Hall–Kier alpha value is -4.09. The van der Waals surface area contributed by atoms with Crippen LogP contribution in [-0.4, -0.2) is 114 Å². The molecule has 0 bridgehead atoms. The molecule has 2 aromatic rings. The lowest BCUT2D eigenvalue weighted by molar-refractivity contribution is -0.134. The monoisotopic (exact) mass is 641 g/mol. The number of hydrogen-bond donors (Lipinski definition) is 0. The van der Waals surface area contributed by atoms with Gasteiger partial charge in [-0.25, -0.2) is 4.79 Å². The molecule has 0 unspecified atom stereocenters. The van der Waals surface area contributed by atoms with E-state index in [-0.39, 0.29) is 23.8 Å². The minimum Gasteiger partial charge on any atom is -0.493 e. The van der Waals surface area contributed by atoms with Crippen LogP contribution in [0.5, 0.6) is 5.75 Å². The van der Waals surface area contributed by atoms with Crippen molar-refractivity contribution in [3.05, 3.63) is 46.8 Å². The van der Waals surface area contributed by atoms with Gasteiger partial charge in [-0.05, 0) is 78.4 Å². The number of benzene rings is 1. The van der Waals surface area contributed by atoms with E-state index in [4.69, 9.17) is 14.0 Å². The van der Waals surface area contributed by atoms with E-state index in [2.05, 4.69) is 5.16 Å². The highest BCUT2D eigenvalue weighted by Gasteiger charge is 2.32. The van der Waals surface area contributed by atoms with Crippen LogP contribution in [0.4, 0.5) is 4.79 Å². The lowest BCUT2D eigenvalue weighted by Crippen LogP contribution is -2.49. The van der Waals surface area contributed by atoms with Gasteiger partial charge in [-0.15, -0.1) is 0 Å². The van der Waals surface area contributed by atoms with Gasteiger partial charge in [0, 0.05) is 47.3 Å². The van der Waals surface area contributed by atoms with Crippen molar-refractivity contribution in [1.29, 1.82) is 0 Å². The van der Waals surface area contributed by atoms with Gasteiger partial charge < -0.3 is 33.6 Å². The van der Waals surface area contributed by atoms with E-state index in [9.17, 15) is 19.2 Å². The fourth-order valence-electron chi connectivity index (χ4n) is 5.41. The predicted molar refractivity (Wildman–Crippen MR) is 174 cm³/mol. The van der Waals surface area contributed by atoms with E-state index in [1.807, 2.05) is 27.7 Å². The average molecular weight is 642 g/mol. The van der Waals surface area contributed by atoms with Crippen LogP contribution in [0.15, 0.2) is 28.8 Å². The number of nitrogens with zero attached hydrogens (tertiary/aromatic N) is 5. The standard InChI is InChI=1S/C34H51N5O7/c1-9-26-29(24(2)46-35-26)32(42)37(7)20-14-17-27-31(41)36(6)19-12-13-21-39(33(43)45-34(3,4)5)22-15-23-44-28-18-11-10-16-25(28)30(40)38(27)8/h10-11,16,18,27H,9,12-15,17,19-23H2,1-8H3/t27-/m0/s1. The maximum atomic E-state index is 13.9. The second-order valence-electron chi connectivity index (χ2n) is 12.8. The van der Waals surface area contributed by atoms with Crippen molar-refractivity contribution in [2.75, 3.05) is 53.9 Å². The van der Waals surface area contributed by atoms with Crippen LogP contribution in [-0.2, 0) is 16.0 Å². The van der Waals surface area contributed by atoms with Crippen LogP contribution >= 0.6 is 0 Å². The molecular weight excluding hydrogens is 590 g/mol. The Bertz CT molecular complexity index is 1350. The molecule has 1 aliphatic heterocycles. The van der Waals surface area contributed by atoms with E-state index >= 15 is 0 Å². The molecule has 2 heterocycles. The number of likely N-dealkylation sites (N-methyl/N-ethyl adjacent to an activating group) is 2. The molecule has 12 nitrogen and oxygen atoms in total. The lowest BCUT2D eigenvalue weighted by Gasteiger charge is -2.32. The third-order valence-electron chi connectivity index (χ3n) is 8.02. The first-order valence-corrected chi connectivity index (χ1v) is 16.2. The summed E-state index contributed by atoms with van der Waals surface area (Å²) in [6.45, 7) is 11.2. The number of fused-ring (bicyclic) bond motifs is 1. The van der Waals surface area contributed by atoms with Crippen LogP contribution in [0.3, 0.4) is 0 Å². The largest absolute Gasteiger partial charge is 0.493 e. The Morgan fingerprint density at radius 2 is 1.74 bits per heavy atom. The Morgan fingerprint density at radius 3 is 2.43 bits per heavy atom. The summed E-state index contributed by atoms with van der Waals surface area (Å²) in [5, 5.41) is 3.99. The molecule has 1 atom stereocenters. The number of hydrogen-bond acceptors (Lipinski definition) is 8. The van der Waals surface area contributed by atoms with Crippen LogP contribution in [0.2, 0.25) is 0 Å². The van der Waals surface area contributed by atoms with Crippen molar-refractivity contribution in [2.24, 2.45) is 0 Å². The maximum absolute atomic E-state index is 13.9.